The molecule has 1 unspecified atom stereocenters. The van der Waals surface area contributed by atoms with Gasteiger partial charge in [0.1, 0.15) is 17.3 Å². The molecule has 0 fully saturated rings. The Morgan fingerprint density at radius 2 is 2.14 bits per heavy atom. The lowest BCUT2D eigenvalue weighted by Crippen LogP contribution is -2.29. The summed E-state index contributed by atoms with van der Waals surface area (Å²) >= 11 is 0. The van der Waals surface area contributed by atoms with Crippen LogP contribution < -0.4 is 20.7 Å². The maximum atomic E-state index is 13.6. The molecule has 0 amide bonds. The van der Waals surface area contributed by atoms with Gasteiger partial charge in [-0.05, 0) is 35.4 Å². The molecule has 0 saturated carbocycles. The first-order valence-electron chi connectivity index (χ1n) is 6.78. The number of hydrogen-bond acceptors (Lipinski definition) is 4. The highest BCUT2D eigenvalue weighted by atomic mass is 19.1. The number of nitrogens with two attached hydrogens (primary N) is 1. The molecule has 1 heterocycles. The third-order valence-corrected chi connectivity index (χ3v) is 3.72. The minimum Gasteiger partial charge on any atom is -0.496 e. The molecule has 5 heteroatoms. The third kappa shape index (κ3) is 2.57. The number of nitrogens with one attached hydrogen (secondary N) is 1. The van der Waals surface area contributed by atoms with Gasteiger partial charge in [0.25, 0.3) is 0 Å². The van der Waals surface area contributed by atoms with E-state index in [-0.39, 0.29) is 11.9 Å². The van der Waals surface area contributed by atoms with Gasteiger partial charge in [-0.3, -0.25) is 5.84 Å². The van der Waals surface area contributed by atoms with Crippen LogP contribution in [0.2, 0.25) is 0 Å². The number of benzene rings is 2. The SMILES string of the molecule is COc1ccc(F)cc1C(NN)c1ccc2c(c1)CCO2. The van der Waals surface area contributed by atoms with E-state index in [1.807, 2.05) is 18.2 Å². The van der Waals surface area contributed by atoms with Gasteiger partial charge in [0.05, 0.1) is 19.8 Å². The van der Waals surface area contributed by atoms with E-state index in [2.05, 4.69) is 5.43 Å². The predicted octanol–water partition coefficient (Wildman–Crippen LogP) is 2.32. The number of rotatable bonds is 4. The lowest BCUT2D eigenvalue weighted by molar-refractivity contribution is 0.356. The van der Waals surface area contributed by atoms with E-state index < -0.39 is 0 Å². The maximum absolute atomic E-state index is 13.6. The Morgan fingerprint density at radius 3 is 2.90 bits per heavy atom. The molecule has 3 rings (SSSR count). The molecule has 1 atom stereocenters. The van der Waals surface area contributed by atoms with Gasteiger partial charge in [-0.15, -0.1) is 0 Å². The number of hydrazine groups is 1. The van der Waals surface area contributed by atoms with Crippen molar-refractivity contribution in [2.75, 3.05) is 13.7 Å². The topological polar surface area (TPSA) is 56.5 Å². The first-order chi connectivity index (χ1) is 10.2. The van der Waals surface area contributed by atoms with Crippen molar-refractivity contribution in [3.05, 3.63) is 58.9 Å². The van der Waals surface area contributed by atoms with Crippen molar-refractivity contribution in [2.45, 2.75) is 12.5 Å². The van der Waals surface area contributed by atoms with Crippen molar-refractivity contribution in [2.24, 2.45) is 5.84 Å². The molecule has 110 valence electrons. The molecule has 21 heavy (non-hydrogen) atoms. The molecule has 0 saturated heterocycles. The average Bonchev–Trinajstić information content (AvgIpc) is 2.96. The van der Waals surface area contributed by atoms with Crippen LogP contribution in [0.15, 0.2) is 36.4 Å². The van der Waals surface area contributed by atoms with Crippen molar-refractivity contribution in [1.82, 2.24) is 5.43 Å². The molecule has 0 aliphatic carbocycles. The predicted molar refractivity (Wildman–Crippen MR) is 77.8 cm³/mol. The van der Waals surface area contributed by atoms with E-state index in [1.165, 1.54) is 12.1 Å². The molecule has 2 aromatic rings. The van der Waals surface area contributed by atoms with Crippen molar-refractivity contribution < 1.29 is 13.9 Å². The number of ether oxygens (including phenoxy) is 2. The van der Waals surface area contributed by atoms with Crippen LogP contribution in [0.25, 0.3) is 0 Å². The lowest BCUT2D eigenvalue weighted by atomic mass is 9.96. The second-order valence-electron chi connectivity index (χ2n) is 4.95. The number of hydrogen-bond donors (Lipinski definition) is 2. The third-order valence-electron chi connectivity index (χ3n) is 3.72. The summed E-state index contributed by atoms with van der Waals surface area (Å²) in [6.45, 7) is 0.697. The summed E-state index contributed by atoms with van der Waals surface area (Å²) in [5.41, 5.74) is 5.50. The summed E-state index contributed by atoms with van der Waals surface area (Å²) in [6.07, 6.45) is 0.876. The number of fused-ring (bicyclic) bond motifs is 1. The van der Waals surface area contributed by atoms with Gasteiger partial charge in [0, 0.05) is 12.0 Å². The summed E-state index contributed by atoms with van der Waals surface area (Å²) in [7, 11) is 1.56. The summed E-state index contributed by atoms with van der Waals surface area (Å²) < 4.78 is 24.4. The highest BCUT2D eigenvalue weighted by molar-refractivity contribution is 5.46. The fraction of sp³-hybridized carbons (Fsp3) is 0.250. The molecular weight excluding hydrogens is 271 g/mol. The Labute approximate surface area is 122 Å². The maximum Gasteiger partial charge on any atom is 0.124 e. The Kier molecular flexibility index (Phi) is 3.77. The first kappa shape index (κ1) is 13.9. The molecular formula is C16H17FN2O2. The summed E-state index contributed by atoms with van der Waals surface area (Å²) in [4.78, 5) is 0. The first-order valence-corrected chi connectivity index (χ1v) is 6.78. The van der Waals surface area contributed by atoms with Crippen molar-refractivity contribution >= 4 is 0 Å². The van der Waals surface area contributed by atoms with Crippen LogP contribution in [0.3, 0.4) is 0 Å². The van der Waals surface area contributed by atoms with Crippen molar-refractivity contribution in [1.29, 1.82) is 0 Å². The Morgan fingerprint density at radius 1 is 1.29 bits per heavy atom. The van der Waals surface area contributed by atoms with Crippen LogP contribution in [0.5, 0.6) is 11.5 Å². The summed E-state index contributed by atoms with van der Waals surface area (Å²) in [6, 6.07) is 9.95. The molecule has 4 nitrogen and oxygen atoms in total. The van der Waals surface area contributed by atoms with Crippen LogP contribution >= 0.6 is 0 Å². The summed E-state index contributed by atoms with van der Waals surface area (Å²) in [5, 5.41) is 0. The van der Waals surface area contributed by atoms with Gasteiger partial charge in [-0.1, -0.05) is 12.1 Å². The Balaban J connectivity index is 2.04. The summed E-state index contributed by atoms with van der Waals surface area (Å²) in [5.74, 6) is 6.87. The Hall–Kier alpha value is -2.11. The van der Waals surface area contributed by atoms with E-state index >= 15 is 0 Å². The molecule has 1 aliphatic heterocycles. The van der Waals surface area contributed by atoms with Crippen molar-refractivity contribution in [3.63, 3.8) is 0 Å². The highest BCUT2D eigenvalue weighted by Crippen LogP contribution is 2.34. The van der Waals surface area contributed by atoms with Crippen LogP contribution in [-0.4, -0.2) is 13.7 Å². The smallest absolute Gasteiger partial charge is 0.124 e. The Bertz CT molecular complexity index is 661. The lowest BCUT2D eigenvalue weighted by Gasteiger charge is -2.20. The zero-order valence-electron chi connectivity index (χ0n) is 11.7. The van der Waals surface area contributed by atoms with E-state index in [0.29, 0.717) is 17.9 Å². The second kappa shape index (κ2) is 5.71. The molecule has 0 aromatic heterocycles. The molecule has 0 bridgehead atoms. The molecule has 3 N–H and O–H groups in total. The van der Waals surface area contributed by atoms with Crippen LogP contribution in [0.4, 0.5) is 4.39 Å². The van der Waals surface area contributed by atoms with Crippen LogP contribution in [-0.2, 0) is 6.42 Å². The quantitative estimate of drug-likeness (QED) is 0.669. The van der Waals surface area contributed by atoms with Gasteiger partial charge in [-0.2, -0.15) is 0 Å². The molecule has 0 spiro atoms. The normalized spacial score (nSPS) is 14.4. The van der Waals surface area contributed by atoms with Gasteiger partial charge in [0.15, 0.2) is 0 Å². The van der Waals surface area contributed by atoms with Crippen LogP contribution in [0.1, 0.15) is 22.7 Å². The average molecular weight is 288 g/mol. The van der Waals surface area contributed by atoms with Gasteiger partial charge in [0.2, 0.25) is 0 Å². The fourth-order valence-corrected chi connectivity index (χ4v) is 2.68. The van der Waals surface area contributed by atoms with Gasteiger partial charge >= 0.3 is 0 Å². The zero-order valence-corrected chi connectivity index (χ0v) is 11.7. The monoisotopic (exact) mass is 288 g/mol. The van der Waals surface area contributed by atoms with E-state index in [9.17, 15) is 4.39 Å². The highest BCUT2D eigenvalue weighted by Gasteiger charge is 2.20. The fourth-order valence-electron chi connectivity index (χ4n) is 2.68. The number of halogens is 1. The minimum atomic E-state index is -0.346. The standard InChI is InChI=1S/C16H17FN2O2/c1-20-15-5-3-12(17)9-13(15)16(19-18)11-2-4-14-10(8-11)6-7-21-14/h2-5,8-9,16,19H,6-7,18H2,1H3. The van der Waals surface area contributed by atoms with E-state index in [1.54, 1.807) is 13.2 Å². The van der Waals surface area contributed by atoms with Crippen LogP contribution in [0, 0.1) is 5.82 Å². The molecule has 0 radical (unpaired) electrons. The largest absolute Gasteiger partial charge is 0.496 e. The van der Waals surface area contributed by atoms with Gasteiger partial charge in [-0.25, -0.2) is 9.82 Å². The minimum absolute atomic E-state index is 0.324. The number of methoxy groups -OCH3 is 1. The second-order valence-corrected chi connectivity index (χ2v) is 4.95. The zero-order chi connectivity index (χ0) is 14.8. The van der Waals surface area contributed by atoms with E-state index in [4.69, 9.17) is 15.3 Å². The molecule has 2 aromatic carbocycles. The van der Waals surface area contributed by atoms with E-state index in [0.717, 1.165) is 23.3 Å². The molecule has 1 aliphatic rings. The van der Waals surface area contributed by atoms with Gasteiger partial charge < -0.3 is 9.47 Å². The van der Waals surface area contributed by atoms with Crippen molar-refractivity contribution in [3.8, 4) is 11.5 Å².